The predicted molar refractivity (Wildman–Crippen MR) is 74.7 cm³/mol. The first-order valence-corrected chi connectivity index (χ1v) is 6.29. The molecule has 7 nitrogen and oxygen atoms in total. The van der Waals surface area contributed by atoms with Gasteiger partial charge in [-0.05, 0) is 18.2 Å². The summed E-state index contributed by atoms with van der Waals surface area (Å²) in [7, 11) is 1.66. The second-order valence-corrected chi connectivity index (χ2v) is 4.43. The SMILES string of the molecule is CNc1nc(-c2ccc(Cl)cc2F)nc(-n2cncn2)n1. The Hall–Kier alpha value is -2.61. The summed E-state index contributed by atoms with van der Waals surface area (Å²) < 4.78 is 15.4. The van der Waals surface area contributed by atoms with E-state index in [1.54, 1.807) is 13.1 Å². The van der Waals surface area contributed by atoms with E-state index in [2.05, 4.69) is 30.4 Å². The molecule has 21 heavy (non-hydrogen) atoms. The van der Waals surface area contributed by atoms with Gasteiger partial charge < -0.3 is 5.32 Å². The minimum absolute atomic E-state index is 0.175. The highest BCUT2D eigenvalue weighted by Crippen LogP contribution is 2.23. The van der Waals surface area contributed by atoms with Crippen molar-refractivity contribution in [2.24, 2.45) is 0 Å². The summed E-state index contributed by atoms with van der Waals surface area (Å²) in [6.07, 6.45) is 2.79. The molecule has 0 radical (unpaired) electrons. The van der Waals surface area contributed by atoms with Crippen molar-refractivity contribution in [2.45, 2.75) is 0 Å². The Labute approximate surface area is 123 Å². The van der Waals surface area contributed by atoms with Crippen LogP contribution in [0.25, 0.3) is 17.3 Å². The normalized spacial score (nSPS) is 10.6. The number of aromatic nitrogens is 6. The summed E-state index contributed by atoms with van der Waals surface area (Å²) in [5, 5.41) is 7.04. The standard InChI is InChI=1S/C12H9ClFN7/c1-15-11-18-10(8-3-2-7(13)4-9(8)14)19-12(20-11)21-6-16-5-17-21/h2-6H,1H3,(H,15,18,19,20). The molecule has 106 valence electrons. The van der Waals surface area contributed by atoms with Gasteiger partial charge in [-0.3, -0.25) is 0 Å². The maximum absolute atomic E-state index is 14.0. The largest absolute Gasteiger partial charge is 0.357 e. The van der Waals surface area contributed by atoms with Crippen molar-refractivity contribution in [1.29, 1.82) is 0 Å². The average Bonchev–Trinajstić information content (AvgIpc) is 3.01. The number of hydrogen-bond acceptors (Lipinski definition) is 6. The lowest BCUT2D eigenvalue weighted by atomic mass is 10.2. The van der Waals surface area contributed by atoms with Gasteiger partial charge in [0.05, 0.1) is 5.56 Å². The van der Waals surface area contributed by atoms with Crippen LogP contribution in [-0.4, -0.2) is 36.8 Å². The summed E-state index contributed by atoms with van der Waals surface area (Å²) >= 11 is 5.75. The van der Waals surface area contributed by atoms with Gasteiger partial charge in [0.25, 0.3) is 5.95 Å². The molecule has 0 aliphatic heterocycles. The first kappa shape index (κ1) is 13.4. The minimum atomic E-state index is -0.514. The number of hydrogen-bond donors (Lipinski definition) is 1. The fourth-order valence-corrected chi connectivity index (χ4v) is 1.84. The van der Waals surface area contributed by atoms with Crippen LogP contribution < -0.4 is 5.32 Å². The van der Waals surface area contributed by atoms with Crippen LogP contribution in [0.4, 0.5) is 10.3 Å². The van der Waals surface area contributed by atoms with Crippen molar-refractivity contribution >= 4 is 17.5 Å². The van der Waals surface area contributed by atoms with Crippen LogP contribution in [-0.2, 0) is 0 Å². The van der Waals surface area contributed by atoms with Gasteiger partial charge in [0.2, 0.25) is 5.95 Å². The first-order valence-electron chi connectivity index (χ1n) is 5.91. The van der Waals surface area contributed by atoms with Crippen molar-refractivity contribution in [3.8, 4) is 17.3 Å². The van der Waals surface area contributed by atoms with Gasteiger partial charge >= 0.3 is 0 Å². The molecule has 1 aromatic carbocycles. The number of nitrogens with one attached hydrogen (secondary N) is 1. The van der Waals surface area contributed by atoms with E-state index in [1.165, 1.54) is 29.5 Å². The van der Waals surface area contributed by atoms with Crippen molar-refractivity contribution in [3.05, 3.63) is 41.7 Å². The van der Waals surface area contributed by atoms with Crippen LogP contribution in [0.15, 0.2) is 30.9 Å². The molecule has 2 aromatic heterocycles. The highest BCUT2D eigenvalue weighted by molar-refractivity contribution is 6.30. The van der Waals surface area contributed by atoms with Crippen LogP contribution in [0.5, 0.6) is 0 Å². The van der Waals surface area contributed by atoms with Gasteiger partial charge in [0, 0.05) is 12.1 Å². The number of anilines is 1. The molecular formula is C12H9ClFN7. The third-order valence-corrected chi connectivity index (χ3v) is 2.88. The molecule has 3 aromatic rings. The van der Waals surface area contributed by atoms with Gasteiger partial charge in [0.1, 0.15) is 18.5 Å². The average molecular weight is 306 g/mol. The lowest BCUT2D eigenvalue weighted by molar-refractivity contribution is 0.629. The van der Waals surface area contributed by atoms with Gasteiger partial charge in [-0.15, -0.1) is 0 Å². The zero-order valence-electron chi connectivity index (χ0n) is 10.8. The fraction of sp³-hybridized carbons (Fsp3) is 0.0833. The van der Waals surface area contributed by atoms with Gasteiger partial charge in [-0.25, -0.2) is 9.37 Å². The second-order valence-electron chi connectivity index (χ2n) is 4.00. The quantitative estimate of drug-likeness (QED) is 0.796. The van der Waals surface area contributed by atoms with Gasteiger partial charge in [0.15, 0.2) is 5.82 Å². The summed E-state index contributed by atoms with van der Waals surface area (Å²) in [5.41, 5.74) is 0.222. The molecule has 0 spiro atoms. The Kier molecular flexibility index (Phi) is 3.44. The van der Waals surface area contributed by atoms with Crippen LogP contribution in [0.1, 0.15) is 0 Å². The van der Waals surface area contributed by atoms with Crippen molar-refractivity contribution < 1.29 is 4.39 Å². The smallest absolute Gasteiger partial charge is 0.257 e. The highest BCUT2D eigenvalue weighted by Gasteiger charge is 2.13. The molecular weight excluding hydrogens is 297 g/mol. The van der Waals surface area contributed by atoms with E-state index in [0.29, 0.717) is 11.0 Å². The first-order chi connectivity index (χ1) is 10.2. The van der Waals surface area contributed by atoms with Crippen molar-refractivity contribution in [3.63, 3.8) is 0 Å². The fourth-order valence-electron chi connectivity index (χ4n) is 1.68. The van der Waals surface area contributed by atoms with Crippen LogP contribution in [0.2, 0.25) is 5.02 Å². The highest BCUT2D eigenvalue weighted by atomic mass is 35.5. The molecule has 0 unspecified atom stereocenters. The monoisotopic (exact) mass is 305 g/mol. The summed E-state index contributed by atoms with van der Waals surface area (Å²) in [4.78, 5) is 16.3. The van der Waals surface area contributed by atoms with Crippen LogP contribution in [0.3, 0.4) is 0 Å². The van der Waals surface area contributed by atoms with E-state index in [0.717, 1.165) is 0 Å². The minimum Gasteiger partial charge on any atom is -0.357 e. The van der Waals surface area contributed by atoms with E-state index in [4.69, 9.17) is 11.6 Å². The molecule has 0 saturated carbocycles. The van der Waals surface area contributed by atoms with E-state index in [-0.39, 0.29) is 17.3 Å². The summed E-state index contributed by atoms with van der Waals surface area (Å²) in [6, 6.07) is 4.28. The summed E-state index contributed by atoms with van der Waals surface area (Å²) in [6.45, 7) is 0. The molecule has 0 fully saturated rings. The maximum atomic E-state index is 14.0. The molecule has 0 atom stereocenters. The molecule has 1 N–H and O–H groups in total. The third-order valence-electron chi connectivity index (χ3n) is 2.64. The molecule has 9 heteroatoms. The number of rotatable bonds is 3. The van der Waals surface area contributed by atoms with Crippen molar-refractivity contribution in [1.82, 2.24) is 29.7 Å². The maximum Gasteiger partial charge on any atom is 0.257 e. The van der Waals surface area contributed by atoms with Gasteiger partial charge in [-0.2, -0.15) is 24.7 Å². The molecule has 3 rings (SSSR count). The van der Waals surface area contributed by atoms with Crippen LogP contribution in [0, 0.1) is 5.82 Å². The van der Waals surface area contributed by atoms with E-state index in [9.17, 15) is 4.39 Å². The Morgan fingerprint density at radius 2 is 2.10 bits per heavy atom. The lowest BCUT2D eigenvalue weighted by Gasteiger charge is -2.07. The number of halogens is 2. The van der Waals surface area contributed by atoms with E-state index >= 15 is 0 Å². The Morgan fingerprint density at radius 3 is 2.76 bits per heavy atom. The topological polar surface area (TPSA) is 81.4 Å². The third kappa shape index (κ3) is 2.65. The zero-order valence-corrected chi connectivity index (χ0v) is 11.6. The molecule has 0 aliphatic carbocycles. The molecule has 0 saturated heterocycles. The lowest BCUT2D eigenvalue weighted by Crippen LogP contribution is -2.08. The summed E-state index contributed by atoms with van der Waals surface area (Å²) in [5.74, 6) is 0.186. The molecule has 0 aliphatic rings. The zero-order chi connectivity index (χ0) is 14.8. The Balaban J connectivity index is 2.16. The number of nitrogens with zero attached hydrogens (tertiary/aromatic N) is 6. The number of benzene rings is 1. The molecule has 0 amide bonds. The van der Waals surface area contributed by atoms with Gasteiger partial charge in [-0.1, -0.05) is 11.6 Å². The van der Waals surface area contributed by atoms with E-state index in [1.807, 2.05) is 0 Å². The van der Waals surface area contributed by atoms with Crippen molar-refractivity contribution in [2.75, 3.05) is 12.4 Å². The Morgan fingerprint density at radius 1 is 1.24 bits per heavy atom. The predicted octanol–water partition coefficient (Wildman–Crippen LogP) is 1.95. The second kappa shape index (κ2) is 5.41. The molecule has 0 bridgehead atoms. The Bertz CT molecular complexity index is 775. The van der Waals surface area contributed by atoms with E-state index < -0.39 is 5.82 Å². The van der Waals surface area contributed by atoms with Crippen LogP contribution >= 0.6 is 11.6 Å². The molecule has 2 heterocycles.